The zero-order valence-electron chi connectivity index (χ0n) is 12.3. The van der Waals surface area contributed by atoms with Crippen molar-refractivity contribution in [3.63, 3.8) is 0 Å². The van der Waals surface area contributed by atoms with E-state index in [2.05, 4.69) is 20.8 Å². The minimum Gasteiger partial charge on any atom is -0.368 e. The van der Waals surface area contributed by atoms with Gasteiger partial charge in [0, 0.05) is 18.7 Å². The molecular weight excluding hydrogens is 226 g/mol. The third-order valence-corrected chi connectivity index (χ3v) is 3.41. The van der Waals surface area contributed by atoms with Crippen LogP contribution in [0.4, 0.5) is 5.69 Å². The Morgan fingerprint density at radius 3 is 2.00 bits per heavy atom. The highest BCUT2D eigenvalue weighted by atomic mass is 16.2. The Balaban J connectivity index is 2.76. The Hall–Kier alpha value is -1.12. The standard InChI is InChI=1S/C15H25NO2/c1-6-16(7-2)12-11(13(17)14(12)18)9-8-10-15(3,4)5/h6-10H2,1-5H3. The van der Waals surface area contributed by atoms with E-state index in [-0.39, 0.29) is 16.3 Å². The molecule has 3 nitrogen and oxygen atoms in total. The smallest absolute Gasteiger partial charge is 0.249 e. The van der Waals surface area contributed by atoms with Crippen LogP contribution >= 0.6 is 0 Å². The molecule has 1 aromatic rings. The van der Waals surface area contributed by atoms with Crippen molar-refractivity contribution in [1.82, 2.24) is 0 Å². The van der Waals surface area contributed by atoms with E-state index in [0.29, 0.717) is 5.69 Å². The average Bonchev–Trinajstić information content (AvgIpc) is 2.30. The van der Waals surface area contributed by atoms with Gasteiger partial charge in [-0.15, -0.1) is 0 Å². The van der Waals surface area contributed by atoms with E-state index in [9.17, 15) is 9.59 Å². The molecule has 3 heteroatoms. The molecule has 0 aliphatic rings. The molecule has 1 rings (SSSR count). The molecule has 18 heavy (non-hydrogen) atoms. The summed E-state index contributed by atoms with van der Waals surface area (Å²) in [7, 11) is 0. The van der Waals surface area contributed by atoms with Crippen LogP contribution in [0.3, 0.4) is 0 Å². The maximum absolute atomic E-state index is 11.6. The van der Waals surface area contributed by atoms with Gasteiger partial charge in [0.1, 0.15) is 0 Å². The van der Waals surface area contributed by atoms with Crippen LogP contribution in [0.2, 0.25) is 0 Å². The summed E-state index contributed by atoms with van der Waals surface area (Å²) >= 11 is 0. The third kappa shape index (κ3) is 3.21. The van der Waals surface area contributed by atoms with Crippen LogP contribution in [0, 0.1) is 5.41 Å². The lowest BCUT2D eigenvalue weighted by atomic mass is 9.88. The molecule has 0 spiro atoms. The quantitative estimate of drug-likeness (QED) is 0.729. The Bertz CT molecular complexity index is 457. The highest BCUT2D eigenvalue weighted by Gasteiger charge is 2.24. The zero-order chi connectivity index (χ0) is 13.9. The van der Waals surface area contributed by atoms with Gasteiger partial charge in [-0.2, -0.15) is 0 Å². The van der Waals surface area contributed by atoms with Crippen molar-refractivity contribution < 1.29 is 0 Å². The van der Waals surface area contributed by atoms with Gasteiger partial charge in [-0.05, 0) is 38.5 Å². The van der Waals surface area contributed by atoms with Gasteiger partial charge in [0.25, 0.3) is 0 Å². The van der Waals surface area contributed by atoms with E-state index in [1.54, 1.807) is 0 Å². The SMILES string of the molecule is CCN(CC)c1c(CCCC(C)(C)C)c(=O)c1=O. The molecule has 0 aliphatic carbocycles. The van der Waals surface area contributed by atoms with Crippen molar-refractivity contribution in [2.75, 3.05) is 18.0 Å². The van der Waals surface area contributed by atoms with Crippen LogP contribution in [0.25, 0.3) is 0 Å². The first-order chi connectivity index (χ1) is 8.31. The summed E-state index contributed by atoms with van der Waals surface area (Å²) in [6, 6.07) is 0. The van der Waals surface area contributed by atoms with Gasteiger partial charge in [-0.3, -0.25) is 9.59 Å². The number of rotatable bonds is 6. The molecule has 0 saturated carbocycles. The predicted octanol–water partition coefficient (Wildman–Crippen LogP) is 2.50. The summed E-state index contributed by atoms with van der Waals surface area (Å²) in [5.41, 5.74) is 1.18. The van der Waals surface area contributed by atoms with Gasteiger partial charge < -0.3 is 4.90 Å². The maximum atomic E-state index is 11.6. The van der Waals surface area contributed by atoms with E-state index in [1.165, 1.54) is 0 Å². The van der Waals surface area contributed by atoms with Crippen molar-refractivity contribution >= 4 is 5.69 Å². The predicted molar refractivity (Wildman–Crippen MR) is 77.3 cm³/mol. The van der Waals surface area contributed by atoms with Crippen molar-refractivity contribution in [3.8, 4) is 0 Å². The minimum atomic E-state index is -0.288. The molecule has 102 valence electrons. The van der Waals surface area contributed by atoms with Crippen LogP contribution in [-0.2, 0) is 6.42 Å². The number of nitrogens with zero attached hydrogens (tertiary/aromatic N) is 1. The second-order valence-corrected chi connectivity index (χ2v) is 6.07. The molecular formula is C15H25NO2. The lowest BCUT2D eigenvalue weighted by Crippen LogP contribution is -2.43. The van der Waals surface area contributed by atoms with Gasteiger partial charge in [-0.25, -0.2) is 0 Å². The first kappa shape index (κ1) is 14.9. The zero-order valence-corrected chi connectivity index (χ0v) is 12.3. The van der Waals surface area contributed by atoms with Gasteiger partial charge in [0.05, 0.1) is 5.69 Å². The summed E-state index contributed by atoms with van der Waals surface area (Å²) in [5.74, 6) is 0. The molecule has 0 heterocycles. The lowest BCUT2D eigenvalue weighted by molar-refractivity contribution is 0.365. The highest BCUT2D eigenvalue weighted by molar-refractivity contribution is 5.58. The second-order valence-electron chi connectivity index (χ2n) is 6.07. The molecule has 1 aromatic carbocycles. The van der Waals surface area contributed by atoms with Crippen LogP contribution in [0.15, 0.2) is 9.59 Å². The molecule has 0 radical (unpaired) electrons. The highest BCUT2D eigenvalue weighted by Crippen LogP contribution is 2.23. The maximum Gasteiger partial charge on any atom is 0.249 e. The molecule has 0 aromatic heterocycles. The van der Waals surface area contributed by atoms with Gasteiger partial charge >= 0.3 is 0 Å². The Morgan fingerprint density at radius 1 is 1.00 bits per heavy atom. The topological polar surface area (TPSA) is 37.4 Å². The summed E-state index contributed by atoms with van der Waals surface area (Å²) < 4.78 is 0. The summed E-state index contributed by atoms with van der Waals surface area (Å²) in [6.07, 6.45) is 2.79. The molecule has 0 fully saturated rings. The summed E-state index contributed by atoms with van der Waals surface area (Å²) in [4.78, 5) is 25.3. The van der Waals surface area contributed by atoms with E-state index in [1.807, 2.05) is 18.7 Å². The lowest BCUT2D eigenvalue weighted by Gasteiger charge is -2.25. The molecule has 0 N–H and O–H groups in total. The summed E-state index contributed by atoms with van der Waals surface area (Å²) in [5, 5.41) is 0. The van der Waals surface area contributed by atoms with Crippen molar-refractivity contribution in [1.29, 1.82) is 0 Å². The normalized spacial score (nSPS) is 12.1. The van der Waals surface area contributed by atoms with E-state index in [0.717, 1.165) is 37.9 Å². The third-order valence-electron chi connectivity index (χ3n) is 3.41. The van der Waals surface area contributed by atoms with Gasteiger partial charge in [0.2, 0.25) is 10.9 Å². The Labute approximate surface area is 110 Å². The van der Waals surface area contributed by atoms with Crippen LogP contribution in [0.1, 0.15) is 53.0 Å². The summed E-state index contributed by atoms with van der Waals surface area (Å²) in [6.45, 7) is 12.2. The van der Waals surface area contributed by atoms with Crippen LogP contribution in [-0.4, -0.2) is 13.1 Å². The fourth-order valence-electron chi connectivity index (χ4n) is 2.33. The largest absolute Gasteiger partial charge is 0.368 e. The van der Waals surface area contributed by atoms with Gasteiger partial charge in [-0.1, -0.05) is 20.8 Å². The van der Waals surface area contributed by atoms with E-state index >= 15 is 0 Å². The van der Waals surface area contributed by atoms with E-state index in [4.69, 9.17) is 0 Å². The minimum absolute atomic E-state index is 0.259. The molecule has 0 aliphatic heterocycles. The number of anilines is 1. The molecule has 0 saturated heterocycles. The monoisotopic (exact) mass is 251 g/mol. The fraction of sp³-hybridized carbons (Fsp3) is 0.733. The van der Waals surface area contributed by atoms with Crippen LogP contribution < -0.4 is 15.8 Å². The van der Waals surface area contributed by atoms with Crippen molar-refractivity contribution in [2.24, 2.45) is 5.41 Å². The van der Waals surface area contributed by atoms with Crippen molar-refractivity contribution in [2.45, 2.75) is 53.9 Å². The molecule has 0 bridgehead atoms. The second kappa shape index (κ2) is 5.68. The average molecular weight is 251 g/mol. The van der Waals surface area contributed by atoms with Gasteiger partial charge in [0.15, 0.2) is 0 Å². The Kier molecular flexibility index (Phi) is 4.71. The number of hydrogen-bond acceptors (Lipinski definition) is 3. The molecule has 0 unspecified atom stereocenters. The van der Waals surface area contributed by atoms with E-state index < -0.39 is 0 Å². The molecule has 0 atom stereocenters. The Morgan fingerprint density at radius 2 is 1.56 bits per heavy atom. The fourth-order valence-corrected chi connectivity index (χ4v) is 2.33. The first-order valence-corrected chi connectivity index (χ1v) is 6.89. The molecule has 0 amide bonds. The van der Waals surface area contributed by atoms with Crippen molar-refractivity contribution in [3.05, 3.63) is 26.0 Å². The van der Waals surface area contributed by atoms with Crippen LogP contribution in [0.5, 0.6) is 0 Å². The number of hydrogen-bond donors (Lipinski definition) is 0. The first-order valence-electron chi connectivity index (χ1n) is 6.89.